The quantitative estimate of drug-likeness (QED) is 0.0953. The summed E-state index contributed by atoms with van der Waals surface area (Å²) in [6.45, 7) is 26.2. The second kappa shape index (κ2) is 25.6. The van der Waals surface area contributed by atoms with Gasteiger partial charge in [-0.1, -0.05) is 66.2 Å². The molecule has 0 spiro atoms. The molecule has 0 radical (unpaired) electrons. The topological polar surface area (TPSA) is 211 Å². The predicted octanol–water partition coefficient (Wildman–Crippen LogP) is 8.97. The number of benzene rings is 3. The Bertz CT molecular complexity index is 3990. The number of imidazole rings is 3. The Kier molecular flexibility index (Phi) is 17.6. The molecule has 9 aromatic rings. The first-order chi connectivity index (χ1) is 41.9. The van der Waals surface area contributed by atoms with Gasteiger partial charge >= 0.3 is 0 Å². The molecule has 13 rings (SSSR count). The average molecular weight is 1180 g/mol. The van der Waals surface area contributed by atoms with Crippen LogP contribution in [0.4, 0.5) is 22.7 Å². The minimum atomic E-state index is 0.00757. The maximum Gasteiger partial charge on any atom is 0.217 e. The summed E-state index contributed by atoms with van der Waals surface area (Å²) in [5.74, 6) is 0.0600. The monoisotopic (exact) mass is 1170 g/mol. The molecule has 0 bridgehead atoms. The number of piperidine rings is 1. The van der Waals surface area contributed by atoms with Crippen LogP contribution in [-0.4, -0.2) is 137 Å². The van der Waals surface area contributed by atoms with Gasteiger partial charge in [-0.2, -0.15) is 15.3 Å². The Morgan fingerprint density at radius 2 is 0.839 bits per heavy atom. The van der Waals surface area contributed by atoms with Crippen molar-refractivity contribution in [3.8, 4) is 33.8 Å². The van der Waals surface area contributed by atoms with Crippen LogP contribution in [0.15, 0.2) is 91.0 Å². The number of anilines is 4. The summed E-state index contributed by atoms with van der Waals surface area (Å²) in [7, 11) is 0. The average Bonchev–Trinajstić information content (AvgIpc) is 2.06. The first-order valence-corrected chi connectivity index (χ1v) is 30.7. The number of carbonyl (C=O) groups is 3. The number of hydrogen-bond donors (Lipinski definition) is 4. The lowest BCUT2D eigenvalue weighted by Gasteiger charge is -2.29. The smallest absolute Gasteiger partial charge is 0.217 e. The van der Waals surface area contributed by atoms with Crippen LogP contribution < -0.4 is 35.6 Å². The van der Waals surface area contributed by atoms with E-state index in [0.29, 0.717) is 0 Å². The summed E-state index contributed by atoms with van der Waals surface area (Å²) in [5.41, 5.74) is 21.2. The zero-order valence-corrected chi connectivity index (χ0v) is 52.0. The standard InChI is InChI=1S/C25H32N6O.C21H25N5O2.C21H25N5O/c1-17-14-23(30-13-10-21(16-30)27-19(3)32)25-26-18(2)24(31(25)28-17)20-8-7-9-22(15-20)29-11-5-4-6-12-29;1-13-10-19(25-9-8-18(11-25)23-15(3)28)21-22-14(2)20(26(21)24-13)17-6-4-16(12-27)5-7-17;1-13-5-7-17(8-6-13)20-15(3)22-21-19(11-14(2)24-26(20)21)25-10-9-18(12-25)23-16(4)27/h7-9,14-15,21H,4-6,10-13,16H2,1-3H3,(H,27,32);4-7,10,18,27H,8-9,11-12H2,1-3H3,(H,23,28);5-8,11,18H,9-10,12H2,1-4H3,(H,23,27)/t21-;2*18-/m111/s1. The summed E-state index contributed by atoms with van der Waals surface area (Å²) < 4.78 is 5.90. The fourth-order valence-electron chi connectivity index (χ4n) is 13.0. The number of nitrogens with one attached hydrogen (secondary N) is 3. The third-order valence-corrected chi connectivity index (χ3v) is 17.0. The van der Waals surface area contributed by atoms with Crippen molar-refractivity contribution in [2.24, 2.45) is 0 Å². The van der Waals surface area contributed by atoms with Gasteiger partial charge in [-0.15, -0.1) is 0 Å². The molecule has 4 aliphatic rings. The number of aliphatic hydroxyl groups excluding tert-OH is 1. The molecule has 3 atom stereocenters. The van der Waals surface area contributed by atoms with Crippen LogP contribution in [-0.2, 0) is 21.0 Å². The fraction of sp³-hybridized carbons (Fsp3) is 0.418. The maximum atomic E-state index is 11.5. The lowest BCUT2D eigenvalue weighted by molar-refractivity contribution is -0.120. The third-order valence-electron chi connectivity index (χ3n) is 17.0. The van der Waals surface area contributed by atoms with Crippen molar-refractivity contribution >= 4 is 57.4 Å². The molecule has 0 saturated carbocycles. The normalized spacial score (nSPS) is 17.6. The van der Waals surface area contributed by atoms with Gasteiger partial charge in [0.1, 0.15) is 0 Å². The molecule has 3 aromatic carbocycles. The van der Waals surface area contributed by atoms with Gasteiger partial charge < -0.3 is 40.7 Å². The van der Waals surface area contributed by atoms with Gasteiger partial charge in [-0.05, 0) is 123 Å². The van der Waals surface area contributed by atoms with E-state index in [1.807, 2.05) is 72.4 Å². The van der Waals surface area contributed by atoms with E-state index < -0.39 is 0 Å². The number of aryl methyl sites for hydroxylation is 7. The molecule has 0 unspecified atom stereocenters. The number of hydrogen-bond acceptors (Lipinski definition) is 14. The highest BCUT2D eigenvalue weighted by Crippen LogP contribution is 2.36. The van der Waals surface area contributed by atoms with E-state index in [4.69, 9.17) is 30.2 Å². The molecule has 3 amide bonds. The molecule has 20 heteroatoms. The Balaban J connectivity index is 0.000000136. The fourth-order valence-corrected chi connectivity index (χ4v) is 13.0. The van der Waals surface area contributed by atoms with Gasteiger partial charge in [-0.25, -0.2) is 28.5 Å². The molecular weight excluding hydrogens is 1090 g/mol. The highest BCUT2D eigenvalue weighted by atomic mass is 16.3. The van der Waals surface area contributed by atoms with Crippen LogP contribution in [0, 0.1) is 48.5 Å². The van der Waals surface area contributed by atoms with E-state index in [1.54, 1.807) is 20.8 Å². The van der Waals surface area contributed by atoms with Crippen LogP contribution in [0.1, 0.15) is 105 Å². The molecule has 4 aliphatic heterocycles. The van der Waals surface area contributed by atoms with E-state index in [0.717, 1.165) is 179 Å². The van der Waals surface area contributed by atoms with Crippen molar-refractivity contribution in [3.05, 3.63) is 136 Å². The van der Waals surface area contributed by atoms with Crippen LogP contribution >= 0.6 is 0 Å². The van der Waals surface area contributed by atoms with Crippen LogP contribution in [0.3, 0.4) is 0 Å². The molecule has 6 aromatic heterocycles. The number of aromatic nitrogens is 9. The highest BCUT2D eigenvalue weighted by molar-refractivity contribution is 5.81. The van der Waals surface area contributed by atoms with E-state index in [1.165, 1.54) is 30.5 Å². The third kappa shape index (κ3) is 13.1. The molecule has 10 heterocycles. The molecular formula is C67H82N16O4. The lowest BCUT2D eigenvalue weighted by Crippen LogP contribution is -2.35. The zero-order chi connectivity index (χ0) is 61.2. The number of amides is 3. The SMILES string of the molecule is CC(=O)N[C@@H]1CCN(c2cc(C)nn3c(-c4ccc(C)cc4)c(C)nc23)C1.CC(=O)N[C@@H]1CCN(c2cc(C)nn3c(-c4ccc(CO)cc4)c(C)nc23)C1.CC(=O)N[C@@H]1CCN(c2cc(C)nn3c(-c4cccc(N5CCCCC5)c4)c(C)nc23)C1. The summed E-state index contributed by atoms with van der Waals surface area (Å²) in [4.78, 5) is 58.3. The molecule has 4 N–H and O–H groups in total. The van der Waals surface area contributed by atoms with Crippen molar-refractivity contribution in [3.63, 3.8) is 0 Å². The van der Waals surface area contributed by atoms with Crippen molar-refractivity contribution < 1.29 is 19.5 Å². The number of nitrogens with zero attached hydrogens (tertiary/aromatic N) is 13. The summed E-state index contributed by atoms with van der Waals surface area (Å²) >= 11 is 0. The Morgan fingerprint density at radius 1 is 0.460 bits per heavy atom. The first kappa shape index (κ1) is 59.8. The highest BCUT2D eigenvalue weighted by Gasteiger charge is 2.30. The molecule has 20 nitrogen and oxygen atoms in total. The van der Waals surface area contributed by atoms with Gasteiger partial charge in [0, 0.05) is 114 Å². The molecule has 4 saturated heterocycles. The van der Waals surface area contributed by atoms with Gasteiger partial charge in [0.05, 0.1) is 74.9 Å². The zero-order valence-electron chi connectivity index (χ0n) is 52.0. The summed E-state index contributed by atoms with van der Waals surface area (Å²) in [6, 6.07) is 31.9. The Hall–Kier alpha value is -8.91. The van der Waals surface area contributed by atoms with E-state index in [-0.39, 0.29) is 42.5 Å². The second-order valence-corrected chi connectivity index (χ2v) is 24.1. The van der Waals surface area contributed by atoms with Gasteiger partial charge in [0.2, 0.25) is 17.7 Å². The maximum absolute atomic E-state index is 11.5. The Labute approximate surface area is 509 Å². The van der Waals surface area contributed by atoms with Crippen LogP contribution in [0.5, 0.6) is 0 Å². The minimum Gasteiger partial charge on any atom is -0.392 e. The van der Waals surface area contributed by atoms with Gasteiger partial charge in [0.15, 0.2) is 16.9 Å². The largest absolute Gasteiger partial charge is 0.392 e. The molecule has 4 fully saturated rings. The van der Waals surface area contributed by atoms with Crippen LogP contribution in [0.2, 0.25) is 0 Å². The summed E-state index contributed by atoms with van der Waals surface area (Å²) in [6.07, 6.45) is 6.65. The summed E-state index contributed by atoms with van der Waals surface area (Å²) in [5, 5.41) is 32.7. The predicted molar refractivity (Wildman–Crippen MR) is 344 cm³/mol. The van der Waals surface area contributed by atoms with Gasteiger partial charge in [-0.3, -0.25) is 14.4 Å². The second-order valence-electron chi connectivity index (χ2n) is 24.1. The van der Waals surface area contributed by atoms with E-state index in [2.05, 4.69) is 116 Å². The molecule has 87 heavy (non-hydrogen) atoms. The number of carbonyl (C=O) groups excluding carboxylic acids is 3. The first-order valence-electron chi connectivity index (χ1n) is 30.7. The van der Waals surface area contributed by atoms with Crippen molar-refractivity contribution in [2.45, 2.75) is 132 Å². The molecule has 0 aliphatic carbocycles. The number of rotatable bonds is 11. The lowest BCUT2D eigenvalue weighted by atomic mass is 10.1. The van der Waals surface area contributed by atoms with Crippen molar-refractivity contribution in [1.29, 1.82) is 0 Å². The van der Waals surface area contributed by atoms with Crippen molar-refractivity contribution in [2.75, 3.05) is 72.0 Å². The van der Waals surface area contributed by atoms with Crippen molar-refractivity contribution in [1.82, 2.24) is 59.7 Å². The van der Waals surface area contributed by atoms with Crippen LogP contribution in [0.25, 0.3) is 50.7 Å². The van der Waals surface area contributed by atoms with E-state index >= 15 is 0 Å². The van der Waals surface area contributed by atoms with Gasteiger partial charge in [0.25, 0.3) is 0 Å². The minimum absolute atomic E-state index is 0.00757. The Morgan fingerprint density at radius 3 is 1.22 bits per heavy atom. The molecule has 454 valence electrons. The van der Waals surface area contributed by atoms with E-state index in [9.17, 15) is 19.5 Å². The number of fused-ring (bicyclic) bond motifs is 3. The number of aliphatic hydroxyl groups is 1.